The summed E-state index contributed by atoms with van der Waals surface area (Å²) in [6, 6.07) is 6.02. The van der Waals surface area contributed by atoms with Crippen molar-refractivity contribution in [3.63, 3.8) is 0 Å². The van der Waals surface area contributed by atoms with Crippen LogP contribution in [0.25, 0.3) is 22.6 Å². The fourth-order valence-corrected chi connectivity index (χ4v) is 2.51. The highest BCUT2D eigenvalue weighted by molar-refractivity contribution is 5.87. The van der Waals surface area contributed by atoms with Gasteiger partial charge in [0.25, 0.3) is 5.71 Å². The molecule has 0 aliphatic rings. The lowest BCUT2D eigenvalue weighted by molar-refractivity contribution is 0.442. The van der Waals surface area contributed by atoms with Gasteiger partial charge in [0.05, 0.1) is 11.4 Å². The molecular formula is C17H14FN5O2. The molecule has 0 amide bonds. The third kappa shape index (κ3) is 3.06. The lowest BCUT2D eigenvalue weighted by Crippen LogP contribution is -2.07. The molecule has 7 nitrogen and oxygen atoms in total. The fraction of sp³-hybridized carbons (Fsp3) is 0.176. The molecule has 0 saturated heterocycles. The molecule has 3 heterocycles. The Morgan fingerprint density at radius 1 is 1.16 bits per heavy atom. The second-order valence-electron chi connectivity index (χ2n) is 5.50. The van der Waals surface area contributed by atoms with E-state index in [1.54, 1.807) is 18.4 Å². The van der Waals surface area contributed by atoms with Crippen LogP contribution in [0, 0.1) is 12.7 Å². The fourth-order valence-electron chi connectivity index (χ4n) is 2.51. The minimum Gasteiger partial charge on any atom is -0.444 e. The summed E-state index contributed by atoms with van der Waals surface area (Å²) < 4.78 is 23.5. The highest BCUT2D eigenvalue weighted by atomic mass is 19.1. The largest absolute Gasteiger partial charge is 0.444 e. The third-order valence-electron chi connectivity index (χ3n) is 3.76. The summed E-state index contributed by atoms with van der Waals surface area (Å²) in [5.74, 6) is 0.847. The highest BCUT2D eigenvalue weighted by Gasteiger charge is 2.12. The standard InChI is InChI=1S/C17H14FN5O2/c1-10-14-15(20-9-21-17(14)25-23-10)19-7-6-13-8-24-16(22-13)11-2-4-12(18)5-3-11/h2-5,8-9H,6-7H2,1H3,(H,19,20,21). The van der Waals surface area contributed by atoms with E-state index in [1.165, 1.54) is 18.5 Å². The summed E-state index contributed by atoms with van der Waals surface area (Å²) in [4.78, 5) is 12.7. The molecule has 0 atom stereocenters. The van der Waals surface area contributed by atoms with Gasteiger partial charge in [0, 0.05) is 18.5 Å². The van der Waals surface area contributed by atoms with Crippen molar-refractivity contribution in [1.29, 1.82) is 0 Å². The van der Waals surface area contributed by atoms with Gasteiger partial charge >= 0.3 is 0 Å². The average molecular weight is 339 g/mol. The molecule has 25 heavy (non-hydrogen) atoms. The number of benzene rings is 1. The van der Waals surface area contributed by atoms with Crippen LogP contribution in [0.15, 0.2) is 45.8 Å². The van der Waals surface area contributed by atoms with Crippen LogP contribution in [0.5, 0.6) is 0 Å². The summed E-state index contributed by atoms with van der Waals surface area (Å²) in [5, 5.41) is 7.90. The number of hydrogen-bond acceptors (Lipinski definition) is 7. The van der Waals surface area contributed by atoms with Gasteiger partial charge < -0.3 is 14.3 Å². The van der Waals surface area contributed by atoms with Crippen LogP contribution in [0.3, 0.4) is 0 Å². The normalized spacial score (nSPS) is 11.1. The number of rotatable bonds is 5. The Bertz CT molecular complexity index is 1010. The maximum absolute atomic E-state index is 13.0. The molecule has 0 aliphatic carbocycles. The highest BCUT2D eigenvalue weighted by Crippen LogP contribution is 2.22. The first-order valence-corrected chi connectivity index (χ1v) is 7.72. The molecule has 0 spiro atoms. The molecule has 8 heteroatoms. The quantitative estimate of drug-likeness (QED) is 0.596. The van der Waals surface area contributed by atoms with Gasteiger partial charge in [-0.1, -0.05) is 5.16 Å². The van der Waals surface area contributed by atoms with E-state index >= 15 is 0 Å². The molecule has 0 aliphatic heterocycles. The first-order valence-electron chi connectivity index (χ1n) is 7.72. The summed E-state index contributed by atoms with van der Waals surface area (Å²) in [7, 11) is 0. The van der Waals surface area contributed by atoms with E-state index in [9.17, 15) is 4.39 Å². The second kappa shape index (κ2) is 6.31. The number of aromatic nitrogens is 4. The molecule has 0 bridgehead atoms. The number of anilines is 1. The molecule has 1 N–H and O–H groups in total. The van der Waals surface area contributed by atoms with Crippen molar-refractivity contribution in [2.24, 2.45) is 0 Å². The molecule has 0 fully saturated rings. The Hall–Kier alpha value is -3.29. The SMILES string of the molecule is Cc1noc2ncnc(NCCc3coc(-c4ccc(F)cc4)n3)c12. The molecule has 126 valence electrons. The summed E-state index contributed by atoms with van der Waals surface area (Å²) >= 11 is 0. The number of nitrogens with zero attached hydrogens (tertiary/aromatic N) is 4. The Kier molecular flexibility index (Phi) is 3.85. The minimum absolute atomic E-state index is 0.292. The Morgan fingerprint density at radius 2 is 2.00 bits per heavy atom. The maximum atomic E-state index is 13.0. The van der Waals surface area contributed by atoms with Crippen molar-refractivity contribution in [3.05, 3.63) is 54.1 Å². The van der Waals surface area contributed by atoms with E-state index in [-0.39, 0.29) is 5.82 Å². The van der Waals surface area contributed by atoms with E-state index in [0.29, 0.717) is 30.4 Å². The van der Waals surface area contributed by atoms with Crippen LogP contribution in [0.1, 0.15) is 11.4 Å². The zero-order valence-corrected chi connectivity index (χ0v) is 13.4. The minimum atomic E-state index is -0.292. The average Bonchev–Trinajstić information content (AvgIpc) is 3.24. The van der Waals surface area contributed by atoms with Gasteiger partial charge in [-0.25, -0.2) is 14.4 Å². The molecule has 0 radical (unpaired) electrons. The van der Waals surface area contributed by atoms with Crippen molar-refractivity contribution in [2.75, 3.05) is 11.9 Å². The summed E-state index contributed by atoms with van der Waals surface area (Å²) in [6.45, 7) is 2.44. The molecular weight excluding hydrogens is 325 g/mol. The van der Waals surface area contributed by atoms with Crippen LogP contribution in [-0.4, -0.2) is 26.7 Å². The maximum Gasteiger partial charge on any atom is 0.263 e. The van der Waals surface area contributed by atoms with E-state index in [2.05, 4.69) is 25.4 Å². The lowest BCUT2D eigenvalue weighted by atomic mass is 10.2. The molecule has 0 saturated carbocycles. The monoisotopic (exact) mass is 339 g/mol. The van der Waals surface area contributed by atoms with Crippen LogP contribution in [-0.2, 0) is 6.42 Å². The predicted molar refractivity (Wildman–Crippen MR) is 88.4 cm³/mol. The summed E-state index contributed by atoms with van der Waals surface area (Å²) in [6.07, 6.45) is 3.67. The van der Waals surface area contributed by atoms with Gasteiger partial charge in [0.1, 0.15) is 29.6 Å². The van der Waals surface area contributed by atoms with Crippen molar-refractivity contribution < 1.29 is 13.3 Å². The van der Waals surface area contributed by atoms with Gasteiger partial charge in [0.15, 0.2) is 0 Å². The van der Waals surface area contributed by atoms with Crippen molar-refractivity contribution in [3.8, 4) is 11.5 Å². The van der Waals surface area contributed by atoms with Gasteiger partial charge in [-0.2, -0.15) is 4.98 Å². The van der Waals surface area contributed by atoms with E-state index in [4.69, 9.17) is 8.94 Å². The van der Waals surface area contributed by atoms with E-state index < -0.39 is 0 Å². The van der Waals surface area contributed by atoms with Crippen LogP contribution in [0.4, 0.5) is 10.2 Å². The third-order valence-corrected chi connectivity index (χ3v) is 3.76. The zero-order valence-electron chi connectivity index (χ0n) is 13.4. The second-order valence-corrected chi connectivity index (χ2v) is 5.50. The number of fused-ring (bicyclic) bond motifs is 1. The lowest BCUT2D eigenvalue weighted by Gasteiger charge is -2.04. The number of halogens is 1. The zero-order chi connectivity index (χ0) is 17.2. The number of oxazole rings is 1. The Morgan fingerprint density at radius 3 is 2.84 bits per heavy atom. The van der Waals surface area contributed by atoms with Crippen molar-refractivity contribution >= 4 is 16.9 Å². The van der Waals surface area contributed by atoms with Gasteiger partial charge in [-0.3, -0.25) is 0 Å². The number of aryl methyl sites for hydroxylation is 1. The molecule has 3 aromatic heterocycles. The predicted octanol–water partition coefficient (Wildman–Crippen LogP) is 3.37. The first-order chi connectivity index (χ1) is 12.2. The topological polar surface area (TPSA) is 89.9 Å². The number of nitrogens with one attached hydrogen (secondary N) is 1. The number of hydrogen-bond donors (Lipinski definition) is 1. The van der Waals surface area contributed by atoms with Gasteiger partial charge in [-0.15, -0.1) is 0 Å². The van der Waals surface area contributed by atoms with E-state index in [1.807, 2.05) is 6.92 Å². The summed E-state index contributed by atoms with van der Waals surface area (Å²) in [5.41, 5.74) is 2.71. The first kappa shape index (κ1) is 15.3. The van der Waals surface area contributed by atoms with Crippen molar-refractivity contribution in [1.82, 2.24) is 20.1 Å². The van der Waals surface area contributed by atoms with Crippen LogP contribution >= 0.6 is 0 Å². The Balaban J connectivity index is 1.43. The molecule has 1 aromatic carbocycles. The van der Waals surface area contributed by atoms with E-state index in [0.717, 1.165) is 22.3 Å². The molecule has 0 unspecified atom stereocenters. The molecule has 4 rings (SSSR count). The van der Waals surface area contributed by atoms with Crippen LogP contribution in [0.2, 0.25) is 0 Å². The van der Waals surface area contributed by atoms with Crippen LogP contribution < -0.4 is 5.32 Å². The van der Waals surface area contributed by atoms with Gasteiger partial charge in [-0.05, 0) is 31.2 Å². The smallest absolute Gasteiger partial charge is 0.263 e. The Labute approximate surface area is 141 Å². The molecule has 4 aromatic rings. The van der Waals surface area contributed by atoms with Gasteiger partial charge in [0.2, 0.25) is 5.89 Å². The van der Waals surface area contributed by atoms with Crippen molar-refractivity contribution in [2.45, 2.75) is 13.3 Å².